The van der Waals surface area contributed by atoms with E-state index in [1.807, 2.05) is 83.4 Å². The minimum atomic E-state index is -0.575. The number of benzene rings is 7. The molecule has 0 fully saturated rings. The molecular weight excluding hydrogens is 723 g/mol. The molecule has 0 saturated heterocycles. The molecule has 0 aliphatic carbocycles. The molecule has 10 rings (SSSR count). The van der Waals surface area contributed by atoms with Crippen LogP contribution in [0.2, 0.25) is 0 Å². The number of hydrogen-bond acceptors (Lipinski definition) is 3. The van der Waals surface area contributed by atoms with Gasteiger partial charge in [0.15, 0.2) is 0 Å². The Morgan fingerprint density at radius 3 is 2.05 bits per heavy atom. The van der Waals surface area contributed by atoms with Gasteiger partial charge in [0.2, 0.25) is 0 Å². The fraction of sp³-hybridized carbons (Fsp3) is 0.0755. The highest BCUT2D eigenvalue weighted by atomic mass is 16.5. The van der Waals surface area contributed by atoms with Crippen LogP contribution >= 0.6 is 0 Å². The van der Waals surface area contributed by atoms with Crippen molar-refractivity contribution in [2.24, 2.45) is 0 Å². The maximum atomic E-state index is 9.86. The lowest BCUT2D eigenvalue weighted by Gasteiger charge is -2.20. The summed E-state index contributed by atoms with van der Waals surface area (Å²) >= 11 is 0. The predicted octanol–water partition coefficient (Wildman–Crippen LogP) is 12.5. The third kappa shape index (κ3) is 6.40. The Bertz CT molecular complexity index is 3700. The molecule has 0 atom stereocenters. The van der Waals surface area contributed by atoms with Crippen molar-refractivity contribution in [2.45, 2.75) is 26.2 Å². The maximum absolute atomic E-state index is 9.86. The van der Waals surface area contributed by atoms with Gasteiger partial charge in [-0.25, -0.2) is 4.98 Å². The average molecular weight is 772 g/mol. The first-order chi connectivity index (χ1) is 33.0. The SMILES string of the molecule is [2H]c1c([2H])c([2H])c(-c2cccc(-c3c([2H])c([2H])c([2H])c([2H])c3[2H])c2-[n+]2[c-]n(-c3cccc(Oc4ccc5c6ccc(C#N)cc6n(-c6cc(C(C)(C)C)ccn6)c5c4)c3)c3ccccc32)c([2H])c1[2H]. The summed E-state index contributed by atoms with van der Waals surface area (Å²) < 4.78 is 98.9. The molecule has 0 aliphatic heterocycles. The van der Waals surface area contributed by atoms with Crippen LogP contribution in [-0.2, 0) is 5.41 Å². The number of ether oxygens (including phenoxy) is 1. The van der Waals surface area contributed by atoms with Crippen LogP contribution in [0.15, 0.2) is 182 Å². The first-order valence-corrected chi connectivity index (χ1v) is 18.9. The Hall–Kier alpha value is -7.75. The Kier molecular flexibility index (Phi) is 6.37. The van der Waals surface area contributed by atoms with Crippen molar-refractivity contribution in [1.29, 1.82) is 5.26 Å². The molecule has 0 bridgehead atoms. The highest BCUT2D eigenvalue weighted by Crippen LogP contribution is 2.38. The Morgan fingerprint density at radius 1 is 0.678 bits per heavy atom. The van der Waals surface area contributed by atoms with E-state index in [1.54, 1.807) is 45.7 Å². The standard InChI is InChI=1S/C53H39N5O/c1-53(2,3)39-28-29-55-51(31-39)58-49-30-36(34-54)24-26-45(49)46-27-25-42(33-50(46)58)59-41-19-12-18-40(32-41)56-35-57(48-23-11-10-22-47(48)56)52-43(37-14-6-4-7-15-37)20-13-21-44(52)38-16-8-5-9-17-38/h4-33H,1-3H3/i4D,5D,6D,7D,8D,9D,14D,15D,16D,17D. The topological polar surface area (TPSA) is 59.6 Å². The van der Waals surface area contributed by atoms with Crippen molar-refractivity contribution >= 4 is 32.8 Å². The van der Waals surface area contributed by atoms with Gasteiger partial charge in [0.25, 0.3) is 6.33 Å². The quantitative estimate of drug-likeness (QED) is 0.120. The number of hydrogen-bond donors (Lipinski definition) is 0. The molecule has 59 heavy (non-hydrogen) atoms. The lowest BCUT2D eigenvalue weighted by molar-refractivity contribution is -0.571. The molecule has 0 radical (unpaired) electrons. The number of nitrogens with zero attached hydrogens (tertiary/aromatic N) is 5. The fourth-order valence-electron chi connectivity index (χ4n) is 7.58. The lowest BCUT2D eigenvalue weighted by Crippen LogP contribution is -2.31. The van der Waals surface area contributed by atoms with Crippen molar-refractivity contribution in [3.05, 3.63) is 199 Å². The second-order valence-corrected chi connectivity index (χ2v) is 15.1. The summed E-state index contributed by atoms with van der Waals surface area (Å²) in [4.78, 5) is 4.79. The third-order valence-corrected chi connectivity index (χ3v) is 10.4. The van der Waals surface area contributed by atoms with Gasteiger partial charge in [0, 0.05) is 23.0 Å². The largest absolute Gasteiger partial charge is 0.458 e. The number of pyridine rings is 1. The zero-order valence-electron chi connectivity index (χ0n) is 42.2. The van der Waals surface area contributed by atoms with Crippen molar-refractivity contribution in [1.82, 2.24) is 14.1 Å². The van der Waals surface area contributed by atoms with Gasteiger partial charge < -0.3 is 4.74 Å². The van der Waals surface area contributed by atoms with E-state index in [0.29, 0.717) is 39.6 Å². The second kappa shape index (κ2) is 14.3. The van der Waals surface area contributed by atoms with E-state index in [0.717, 1.165) is 27.4 Å². The van der Waals surface area contributed by atoms with E-state index in [1.165, 1.54) is 0 Å². The zero-order chi connectivity index (χ0) is 48.8. The predicted molar refractivity (Wildman–Crippen MR) is 237 cm³/mol. The van der Waals surface area contributed by atoms with Crippen LogP contribution in [0.1, 0.15) is 45.6 Å². The summed E-state index contributed by atoms with van der Waals surface area (Å²) in [6.07, 6.45) is 5.22. The molecule has 3 heterocycles. The Balaban J connectivity index is 1.15. The van der Waals surface area contributed by atoms with E-state index in [2.05, 4.69) is 39.2 Å². The van der Waals surface area contributed by atoms with E-state index in [-0.39, 0.29) is 33.4 Å². The van der Waals surface area contributed by atoms with Gasteiger partial charge in [0.05, 0.1) is 58.8 Å². The monoisotopic (exact) mass is 771 g/mol. The summed E-state index contributed by atoms with van der Waals surface area (Å²) in [7, 11) is 0. The number of imidazole rings is 1. The molecule has 10 aromatic rings. The average Bonchev–Trinajstić information content (AvgIpc) is 3.89. The molecule has 0 amide bonds. The molecule has 0 spiro atoms. The van der Waals surface area contributed by atoms with Crippen LogP contribution in [-0.4, -0.2) is 14.1 Å². The Labute approximate surface area is 357 Å². The molecule has 0 saturated carbocycles. The van der Waals surface area contributed by atoms with Gasteiger partial charge in [0.1, 0.15) is 17.3 Å². The minimum absolute atomic E-state index is 0.141. The summed E-state index contributed by atoms with van der Waals surface area (Å²) in [5.41, 5.74) is 5.09. The van der Waals surface area contributed by atoms with Gasteiger partial charge in [-0.05, 0) is 87.8 Å². The molecule has 0 unspecified atom stereocenters. The van der Waals surface area contributed by atoms with Crippen LogP contribution in [0.5, 0.6) is 11.5 Å². The summed E-state index contributed by atoms with van der Waals surface area (Å²) in [6.45, 7) is 6.43. The summed E-state index contributed by atoms with van der Waals surface area (Å²) in [6, 6.07) is 31.9. The minimum Gasteiger partial charge on any atom is -0.458 e. The first-order valence-electron chi connectivity index (χ1n) is 23.9. The van der Waals surface area contributed by atoms with E-state index in [4.69, 9.17) is 23.4 Å². The highest BCUT2D eigenvalue weighted by Gasteiger charge is 2.21. The van der Waals surface area contributed by atoms with Crippen LogP contribution in [0.25, 0.3) is 72.3 Å². The first kappa shape index (κ1) is 26.2. The lowest BCUT2D eigenvalue weighted by atomic mass is 9.88. The van der Waals surface area contributed by atoms with Crippen molar-refractivity contribution in [3.63, 3.8) is 0 Å². The van der Waals surface area contributed by atoms with Crippen LogP contribution < -0.4 is 9.30 Å². The van der Waals surface area contributed by atoms with Crippen LogP contribution in [0.4, 0.5) is 0 Å². The number of rotatable bonds is 7. The normalized spacial score (nSPS) is 14.0. The molecule has 0 N–H and O–H groups in total. The molecule has 6 heteroatoms. The summed E-state index contributed by atoms with van der Waals surface area (Å²) in [5.74, 6) is 1.71. The van der Waals surface area contributed by atoms with E-state index in [9.17, 15) is 5.26 Å². The van der Waals surface area contributed by atoms with E-state index >= 15 is 0 Å². The smallest absolute Gasteiger partial charge is 0.269 e. The van der Waals surface area contributed by atoms with Gasteiger partial charge in [-0.15, -0.1) is 0 Å². The molecule has 7 aromatic carbocycles. The number of aromatic nitrogens is 4. The zero-order valence-corrected chi connectivity index (χ0v) is 32.2. The van der Waals surface area contributed by atoms with Gasteiger partial charge in [-0.1, -0.05) is 136 Å². The maximum Gasteiger partial charge on any atom is 0.269 e. The van der Waals surface area contributed by atoms with Gasteiger partial charge in [-0.3, -0.25) is 13.7 Å². The molecule has 6 nitrogen and oxygen atoms in total. The molecular formula is C53H39N5O. The number of fused-ring (bicyclic) bond motifs is 4. The Morgan fingerprint density at radius 2 is 1.34 bits per heavy atom. The second-order valence-electron chi connectivity index (χ2n) is 15.1. The van der Waals surface area contributed by atoms with Crippen molar-refractivity contribution in [2.75, 3.05) is 0 Å². The van der Waals surface area contributed by atoms with Crippen LogP contribution in [0, 0.1) is 17.7 Å². The fourth-order valence-corrected chi connectivity index (χ4v) is 7.58. The molecule has 3 aromatic heterocycles. The third-order valence-electron chi connectivity index (χ3n) is 10.4. The molecule has 282 valence electrons. The van der Waals surface area contributed by atoms with Crippen molar-refractivity contribution < 1.29 is 23.0 Å². The van der Waals surface area contributed by atoms with E-state index < -0.39 is 60.4 Å². The van der Waals surface area contributed by atoms with Crippen molar-refractivity contribution in [3.8, 4) is 57.0 Å². The highest BCUT2D eigenvalue weighted by molar-refractivity contribution is 6.09. The van der Waals surface area contributed by atoms with Crippen LogP contribution in [0.3, 0.4) is 0 Å². The molecule has 0 aliphatic rings. The van der Waals surface area contributed by atoms with Gasteiger partial charge in [-0.2, -0.15) is 5.26 Å². The number of nitriles is 1. The van der Waals surface area contributed by atoms with Gasteiger partial charge >= 0.3 is 0 Å². The number of para-hydroxylation sites is 3. The summed E-state index contributed by atoms with van der Waals surface area (Å²) in [5, 5.41) is 11.8.